The number of hydrogen-bond acceptors (Lipinski definition) is 3. The summed E-state index contributed by atoms with van der Waals surface area (Å²) in [5, 5.41) is 2.73. The average Bonchev–Trinajstić information content (AvgIpc) is 2.44. The zero-order chi connectivity index (χ0) is 9.90. The first-order chi connectivity index (χ1) is 6.11. The Kier molecular flexibility index (Phi) is 3.06. The summed E-state index contributed by atoms with van der Waals surface area (Å²) in [6.07, 6.45) is 1.64. The fraction of sp³-hybridized carbons (Fsp3) is 0.667. The lowest BCUT2D eigenvalue weighted by Gasteiger charge is -2.24. The van der Waals surface area contributed by atoms with Crippen LogP contribution in [-0.4, -0.2) is 31.7 Å². The normalized spacial score (nSPS) is 32.9. The molecule has 1 rings (SSSR count). The molecule has 1 amide bonds. The first-order valence-corrected chi connectivity index (χ1v) is 4.34. The highest BCUT2D eigenvalue weighted by atomic mass is 16.5. The summed E-state index contributed by atoms with van der Waals surface area (Å²) in [6.45, 7) is 6.68. The number of amides is 1. The highest BCUT2D eigenvalue weighted by Crippen LogP contribution is 2.26. The number of hydrogen-bond donors (Lipinski definition) is 2. The van der Waals surface area contributed by atoms with Crippen molar-refractivity contribution in [2.24, 2.45) is 11.1 Å². The summed E-state index contributed by atoms with van der Waals surface area (Å²) >= 11 is 0. The van der Waals surface area contributed by atoms with Gasteiger partial charge < -0.3 is 15.8 Å². The molecule has 0 spiro atoms. The summed E-state index contributed by atoms with van der Waals surface area (Å²) in [4.78, 5) is 11.6. The Morgan fingerprint density at radius 1 is 1.92 bits per heavy atom. The Hall–Kier alpha value is -0.870. The van der Waals surface area contributed by atoms with Gasteiger partial charge in [-0.2, -0.15) is 0 Å². The predicted octanol–water partition coefficient (Wildman–Crippen LogP) is -0.348. The van der Waals surface area contributed by atoms with E-state index in [9.17, 15) is 4.79 Å². The van der Waals surface area contributed by atoms with Gasteiger partial charge in [-0.25, -0.2) is 0 Å². The van der Waals surface area contributed by atoms with Gasteiger partial charge in [0.15, 0.2) is 0 Å². The minimum atomic E-state index is -0.580. The van der Waals surface area contributed by atoms with Crippen molar-refractivity contribution in [2.45, 2.75) is 13.0 Å². The molecule has 1 heterocycles. The van der Waals surface area contributed by atoms with Crippen molar-refractivity contribution in [3.05, 3.63) is 12.7 Å². The number of carbonyl (C=O) groups excluding carboxylic acids is 1. The third-order valence-corrected chi connectivity index (χ3v) is 2.44. The number of rotatable bonds is 3. The monoisotopic (exact) mass is 184 g/mol. The van der Waals surface area contributed by atoms with Gasteiger partial charge in [0.1, 0.15) is 0 Å². The molecule has 2 atom stereocenters. The van der Waals surface area contributed by atoms with Crippen molar-refractivity contribution >= 4 is 5.91 Å². The van der Waals surface area contributed by atoms with Gasteiger partial charge in [-0.3, -0.25) is 4.79 Å². The number of nitrogens with one attached hydrogen (secondary N) is 1. The third kappa shape index (κ3) is 1.89. The predicted molar refractivity (Wildman–Crippen MR) is 50.1 cm³/mol. The van der Waals surface area contributed by atoms with Crippen LogP contribution in [0, 0.1) is 5.41 Å². The molecule has 0 aromatic rings. The number of carbonyl (C=O) groups is 1. The topological polar surface area (TPSA) is 64.3 Å². The molecule has 4 heteroatoms. The minimum Gasteiger partial charge on any atom is -0.379 e. The van der Waals surface area contributed by atoms with Crippen molar-refractivity contribution in [2.75, 3.05) is 19.8 Å². The van der Waals surface area contributed by atoms with E-state index in [0.29, 0.717) is 19.8 Å². The second-order valence-corrected chi connectivity index (χ2v) is 3.54. The smallest absolute Gasteiger partial charge is 0.230 e. The van der Waals surface area contributed by atoms with Gasteiger partial charge in [-0.15, -0.1) is 6.58 Å². The Labute approximate surface area is 78.1 Å². The van der Waals surface area contributed by atoms with Gasteiger partial charge in [0.05, 0.1) is 18.6 Å². The molecule has 1 aliphatic heterocycles. The average molecular weight is 184 g/mol. The number of ether oxygens (including phenoxy) is 1. The largest absolute Gasteiger partial charge is 0.379 e. The standard InChI is InChI=1S/C9H16N2O2/c1-3-4-11-8(12)9(2)6-13-5-7(9)10/h3,7H,1,4-6,10H2,2H3,(H,11,12). The lowest BCUT2D eigenvalue weighted by atomic mass is 9.85. The molecule has 4 nitrogen and oxygen atoms in total. The van der Waals surface area contributed by atoms with Crippen LogP contribution in [0.5, 0.6) is 0 Å². The van der Waals surface area contributed by atoms with Crippen LogP contribution in [-0.2, 0) is 9.53 Å². The minimum absolute atomic E-state index is 0.0580. The Bertz CT molecular complexity index is 218. The summed E-state index contributed by atoms with van der Waals surface area (Å²) in [5.41, 5.74) is 5.19. The molecule has 0 saturated carbocycles. The molecule has 13 heavy (non-hydrogen) atoms. The summed E-state index contributed by atoms with van der Waals surface area (Å²) < 4.78 is 5.16. The van der Waals surface area contributed by atoms with Crippen LogP contribution in [0.1, 0.15) is 6.92 Å². The molecule has 3 N–H and O–H groups in total. The maximum Gasteiger partial charge on any atom is 0.230 e. The molecular formula is C9H16N2O2. The molecule has 0 aliphatic carbocycles. The molecule has 74 valence electrons. The van der Waals surface area contributed by atoms with Crippen LogP contribution in [0.3, 0.4) is 0 Å². The third-order valence-electron chi connectivity index (χ3n) is 2.44. The first-order valence-electron chi connectivity index (χ1n) is 4.34. The van der Waals surface area contributed by atoms with E-state index < -0.39 is 5.41 Å². The van der Waals surface area contributed by atoms with Gasteiger partial charge >= 0.3 is 0 Å². The van der Waals surface area contributed by atoms with E-state index in [1.54, 1.807) is 6.08 Å². The Morgan fingerprint density at radius 2 is 2.62 bits per heavy atom. The van der Waals surface area contributed by atoms with E-state index in [4.69, 9.17) is 10.5 Å². The van der Waals surface area contributed by atoms with Gasteiger partial charge in [0, 0.05) is 12.6 Å². The highest BCUT2D eigenvalue weighted by molar-refractivity contribution is 5.83. The molecule has 1 aliphatic rings. The fourth-order valence-electron chi connectivity index (χ4n) is 1.29. The van der Waals surface area contributed by atoms with E-state index in [0.717, 1.165) is 0 Å². The number of nitrogens with two attached hydrogens (primary N) is 1. The summed E-state index contributed by atoms with van der Waals surface area (Å²) in [5.74, 6) is -0.0580. The first kappa shape index (κ1) is 10.2. The molecule has 1 fully saturated rings. The quantitative estimate of drug-likeness (QED) is 0.589. The maximum absolute atomic E-state index is 11.6. The van der Waals surface area contributed by atoms with E-state index in [-0.39, 0.29) is 11.9 Å². The van der Waals surface area contributed by atoms with E-state index in [2.05, 4.69) is 11.9 Å². The second kappa shape index (κ2) is 3.89. The van der Waals surface area contributed by atoms with Gasteiger partial charge in [0.25, 0.3) is 0 Å². The lowest BCUT2D eigenvalue weighted by molar-refractivity contribution is -0.130. The van der Waals surface area contributed by atoms with Gasteiger partial charge in [-0.1, -0.05) is 6.08 Å². The maximum atomic E-state index is 11.6. The Balaban J connectivity index is 2.57. The van der Waals surface area contributed by atoms with Crippen LogP contribution >= 0.6 is 0 Å². The Morgan fingerprint density at radius 3 is 3.08 bits per heavy atom. The van der Waals surface area contributed by atoms with Crippen LogP contribution in [0.15, 0.2) is 12.7 Å². The highest BCUT2D eigenvalue weighted by Gasteiger charge is 2.43. The van der Waals surface area contributed by atoms with Crippen LogP contribution in [0.4, 0.5) is 0 Å². The van der Waals surface area contributed by atoms with Crippen LogP contribution in [0.25, 0.3) is 0 Å². The van der Waals surface area contributed by atoms with E-state index >= 15 is 0 Å². The molecule has 1 saturated heterocycles. The van der Waals surface area contributed by atoms with E-state index in [1.165, 1.54) is 0 Å². The molecule has 0 aromatic carbocycles. The SMILES string of the molecule is C=CCNC(=O)C1(C)COCC1N. The summed E-state index contributed by atoms with van der Waals surface area (Å²) in [7, 11) is 0. The van der Waals surface area contributed by atoms with Crippen molar-refractivity contribution < 1.29 is 9.53 Å². The molecule has 2 unspecified atom stereocenters. The molecule has 0 aromatic heterocycles. The zero-order valence-electron chi connectivity index (χ0n) is 7.88. The van der Waals surface area contributed by atoms with Gasteiger partial charge in [0.2, 0.25) is 5.91 Å². The molecule has 0 radical (unpaired) electrons. The molecular weight excluding hydrogens is 168 g/mol. The van der Waals surface area contributed by atoms with Crippen molar-refractivity contribution in [1.82, 2.24) is 5.32 Å². The van der Waals surface area contributed by atoms with E-state index in [1.807, 2.05) is 6.92 Å². The molecule has 0 bridgehead atoms. The zero-order valence-corrected chi connectivity index (χ0v) is 7.88. The van der Waals surface area contributed by atoms with Gasteiger partial charge in [-0.05, 0) is 6.92 Å². The van der Waals surface area contributed by atoms with Crippen LogP contribution < -0.4 is 11.1 Å². The second-order valence-electron chi connectivity index (χ2n) is 3.54. The fourth-order valence-corrected chi connectivity index (χ4v) is 1.29. The lowest BCUT2D eigenvalue weighted by Crippen LogP contribution is -2.49. The van der Waals surface area contributed by atoms with Crippen molar-refractivity contribution in [3.8, 4) is 0 Å². The van der Waals surface area contributed by atoms with Crippen molar-refractivity contribution in [1.29, 1.82) is 0 Å². The van der Waals surface area contributed by atoms with Crippen molar-refractivity contribution in [3.63, 3.8) is 0 Å². The van der Waals surface area contributed by atoms with Crippen LogP contribution in [0.2, 0.25) is 0 Å². The summed E-state index contributed by atoms with van der Waals surface area (Å²) in [6, 6.07) is -0.211.